The fraction of sp³-hybridized carbons (Fsp3) is 0.235. The smallest absolute Gasteiger partial charge is 0.416 e. The maximum atomic E-state index is 12.9. The standard InChI is InChI=1S/C17H12Cl2F3NO5/c1-9(24)27-8-15(28-14-5-3-2-4-13(14)23(25)26)16-11(18)6-10(7-12(16)19)17(20,21)22/h2-7,15H,8H2,1H3. The predicted molar refractivity (Wildman–Crippen MR) is 94.6 cm³/mol. The fourth-order valence-electron chi connectivity index (χ4n) is 2.29. The van der Waals surface area contributed by atoms with E-state index in [2.05, 4.69) is 0 Å². The number of halogens is 5. The van der Waals surface area contributed by atoms with Gasteiger partial charge in [0.25, 0.3) is 0 Å². The van der Waals surface area contributed by atoms with Crippen LogP contribution in [0, 0.1) is 10.1 Å². The summed E-state index contributed by atoms with van der Waals surface area (Å²) in [4.78, 5) is 21.6. The summed E-state index contributed by atoms with van der Waals surface area (Å²) in [5.74, 6) is -0.896. The van der Waals surface area contributed by atoms with Crippen molar-refractivity contribution in [3.05, 3.63) is 67.7 Å². The van der Waals surface area contributed by atoms with Crippen molar-refractivity contribution in [2.24, 2.45) is 0 Å². The van der Waals surface area contributed by atoms with Crippen molar-refractivity contribution in [2.45, 2.75) is 19.2 Å². The van der Waals surface area contributed by atoms with Crippen LogP contribution in [0.15, 0.2) is 36.4 Å². The molecular formula is C17H12Cl2F3NO5. The van der Waals surface area contributed by atoms with Crippen LogP contribution in [0.5, 0.6) is 5.75 Å². The number of carbonyl (C=O) groups excluding carboxylic acids is 1. The molecule has 0 N–H and O–H groups in total. The Morgan fingerprint density at radius 1 is 1.21 bits per heavy atom. The van der Waals surface area contributed by atoms with Crippen molar-refractivity contribution >= 4 is 34.9 Å². The van der Waals surface area contributed by atoms with Gasteiger partial charge in [0.1, 0.15) is 6.61 Å². The van der Waals surface area contributed by atoms with Crippen LogP contribution in [-0.4, -0.2) is 17.5 Å². The Morgan fingerprint density at radius 3 is 2.29 bits per heavy atom. The Balaban J connectivity index is 2.50. The number of ether oxygens (including phenoxy) is 2. The molecule has 0 saturated carbocycles. The lowest BCUT2D eigenvalue weighted by Crippen LogP contribution is -2.18. The van der Waals surface area contributed by atoms with Gasteiger partial charge < -0.3 is 9.47 Å². The molecule has 2 rings (SSSR count). The van der Waals surface area contributed by atoms with Crippen molar-refractivity contribution in [1.82, 2.24) is 0 Å². The Hall–Kier alpha value is -2.52. The van der Waals surface area contributed by atoms with Crippen molar-refractivity contribution in [1.29, 1.82) is 0 Å². The molecule has 0 spiro atoms. The van der Waals surface area contributed by atoms with E-state index in [1.165, 1.54) is 24.3 Å². The molecule has 0 aliphatic rings. The number of nitro benzene ring substituents is 1. The molecule has 0 amide bonds. The molecule has 28 heavy (non-hydrogen) atoms. The first-order valence-electron chi connectivity index (χ1n) is 7.60. The van der Waals surface area contributed by atoms with Crippen molar-refractivity contribution in [2.75, 3.05) is 6.61 Å². The van der Waals surface area contributed by atoms with Crippen LogP contribution in [0.1, 0.15) is 24.2 Å². The largest absolute Gasteiger partial charge is 0.475 e. The number of para-hydroxylation sites is 2. The molecule has 1 unspecified atom stereocenters. The minimum atomic E-state index is -4.68. The monoisotopic (exact) mass is 437 g/mol. The van der Waals surface area contributed by atoms with Crippen molar-refractivity contribution in [3.63, 3.8) is 0 Å². The van der Waals surface area contributed by atoms with Crippen LogP contribution in [0.2, 0.25) is 10.0 Å². The maximum absolute atomic E-state index is 12.9. The minimum absolute atomic E-state index is 0.101. The zero-order valence-electron chi connectivity index (χ0n) is 14.1. The highest BCUT2D eigenvalue weighted by Crippen LogP contribution is 2.40. The van der Waals surface area contributed by atoms with Crippen LogP contribution < -0.4 is 4.74 Å². The van der Waals surface area contributed by atoms with E-state index >= 15 is 0 Å². The van der Waals surface area contributed by atoms with Gasteiger partial charge in [-0.1, -0.05) is 35.3 Å². The van der Waals surface area contributed by atoms with Gasteiger partial charge >= 0.3 is 17.8 Å². The van der Waals surface area contributed by atoms with Gasteiger partial charge in [-0.2, -0.15) is 13.2 Å². The number of hydrogen-bond donors (Lipinski definition) is 0. The average Bonchev–Trinajstić information content (AvgIpc) is 2.58. The first kappa shape index (κ1) is 21.8. The molecule has 2 aromatic carbocycles. The Labute approximate surface area is 166 Å². The van der Waals surface area contributed by atoms with Gasteiger partial charge in [0, 0.05) is 28.6 Å². The normalized spacial score (nSPS) is 12.4. The molecule has 6 nitrogen and oxygen atoms in total. The van der Waals surface area contributed by atoms with Gasteiger partial charge in [-0.3, -0.25) is 14.9 Å². The zero-order valence-corrected chi connectivity index (χ0v) is 15.6. The minimum Gasteiger partial charge on any atom is -0.475 e. The molecule has 0 aliphatic heterocycles. The maximum Gasteiger partial charge on any atom is 0.416 e. The number of nitrogens with zero attached hydrogens (tertiary/aromatic N) is 1. The first-order valence-corrected chi connectivity index (χ1v) is 8.36. The van der Waals surface area contributed by atoms with E-state index in [4.69, 9.17) is 32.7 Å². The second-order valence-electron chi connectivity index (χ2n) is 5.49. The molecule has 0 radical (unpaired) electrons. The number of esters is 1. The van der Waals surface area contributed by atoms with Gasteiger partial charge in [-0.05, 0) is 18.2 Å². The number of rotatable bonds is 6. The lowest BCUT2D eigenvalue weighted by atomic mass is 10.1. The number of alkyl halides is 3. The lowest BCUT2D eigenvalue weighted by molar-refractivity contribution is -0.386. The Bertz CT molecular complexity index is 882. The molecule has 0 saturated heterocycles. The van der Waals surface area contributed by atoms with Crippen molar-refractivity contribution in [3.8, 4) is 5.75 Å². The van der Waals surface area contributed by atoms with Crippen LogP contribution >= 0.6 is 23.2 Å². The predicted octanol–water partition coefficient (Wildman–Crippen LogP) is 5.60. The quantitative estimate of drug-likeness (QED) is 0.333. The van der Waals surface area contributed by atoms with Crippen molar-refractivity contribution < 1.29 is 32.4 Å². The zero-order chi connectivity index (χ0) is 21.1. The van der Waals surface area contributed by atoms with E-state index in [-0.39, 0.29) is 11.3 Å². The Kier molecular flexibility index (Phi) is 6.73. The third kappa shape index (κ3) is 5.26. The molecule has 1 atom stereocenters. The van der Waals surface area contributed by atoms with Gasteiger partial charge in [-0.25, -0.2) is 0 Å². The third-order valence-corrected chi connectivity index (χ3v) is 4.12. The van der Waals surface area contributed by atoms with E-state index in [1.54, 1.807) is 0 Å². The van der Waals surface area contributed by atoms with Crippen LogP contribution in [0.25, 0.3) is 0 Å². The van der Waals surface area contributed by atoms with Crippen LogP contribution in [0.3, 0.4) is 0 Å². The van der Waals surface area contributed by atoms with Gasteiger partial charge in [0.15, 0.2) is 11.9 Å². The molecule has 2 aromatic rings. The number of carbonyl (C=O) groups is 1. The third-order valence-electron chi connectivity index (χ3n) is 3.50. The Morgan fingerprint density at radius 2 is 1.79 bits per heavy atom. The van der Waals surface area contributed by atoms with E-state index < -0.39 is 51.1 Å². The molecule has 0 bridgehead atoms. The summed E-state index contributed by atoms with van der Waals surface area (Å²) in [5, 5.41) is 10.4. The SMILES string of the molecule is CC(=O)OCC(Oc1ccccc1[N+](=O)[O-])c1c(Cl)cc(C(F)(F)F)cc1Cl. The molecule has 0 aliphatic carbocycles. The molecule has 11 heteroatoms. The first-order chi connectivity index (χ1) is 13.0. The lowest BCUT2D eigenvalue weighted by Gasteiger charge is -2.22. The van der Waals surface area contributed by atoms with Gasteiger partial charge in [0.2, 0.25) is 0 Å². The number of hydrogen-bond acceptors (Lipinski definition) is 5. The van der Waals surface area contributed by atoms with Gasteiger partial charge in [0.05, 0.1) is 10.5 Å². The van der Waals surface area contributed by atoms with Crippen LogP contribution in [0.4, 0.5) is 18.9 Å². The highest BCUT2D eigenvalue weighted by Gasteiger charge is 2.34. The second-order valence-corrected chi connectivity index (χ2v) is 6.30. The summed E-state index contributed by atoms with van der Waals surface area (Å²) in [6.45, 7) is 0.629. The summed E-state index contributed by atoms with van der Waals surface area (Å²) >= 11 is 12.0. The second kappa shape index (κ2) is 8.66. The molecule has 150 valence electrons. The highest BCUT2D eigenvalue weighted by atomic mass is 35.5. The van der Waals surface area contributed by atoms with E-state index in [1.807, 2.05) is 0 Å². The van der Waals surface area contributed by atoms with Gasteiger partial charge in [-0.15, -0.1) is 0 Å². The van der Waals surface area contributed by atoms with Crippen LogP contribution in [-0.2, 0) is 15.7 Å². The summed E-state index contributed by atoms with van der Waals surface area (Å²) in [7, 11) is 0. The molecule has 0 fully saturated rings. The summed E-state index contributed by atoms with van der Waals surface area (Å²) in [5.41, 5.74) is -1.58. The van der Waals surface area contributed by atoms with E-state index in [9.17, 15) is 28.1 Å². The molecule has 0 heterocycles. The average molecular weight is 438 g/mol. The summed E-state index contributed by atoms with van der Waals surface area (Å²) < 4.78 is 49.2. The molecule has 0 aromatic heterocycles. The number of nitro groups is 1. The van der Waals surface area contributed by atoms with E-state index in [0.29, 0.717) is 12.1 Å². The topological polar surface area (TPSA) is 78.7 Å². The number of benzene rings is 2. The fourth-order valence-corrected chi connectivity index (χ4v) is 3.02. The van der Waals surface area contributed by atoms with E-state index in [0.717, 1.165) is 6.92 Å². The summed E-state index contributed by atoms with van der Waals surface area (Å²) in [6, 6.07) is 6.61. The highest BCUT2D eigenvalue weighted by molar-refractivity contribution is 6.36. The molecular weight excluding hydrogens is 426 g/mol. The summed E-state index contributed by atoms with van der Waals surface area (Å²) in [6.07, 6.45) is -5.97.